The summed E-state index contributed by atoms with van der Waals surface area (Å²) in [5.41, 5.74) is 6.99. The van der Waals surface area contributed by atoms with Crippen molar-refractivity contribution in [3.8, 4) is 0 Å². The lowest BCUT2D eigenvalue weighted by Crippen LogP contribution is -2.56. The molecule has 2 heterocycles. The molecule has 0 aliphatic carbocycles. The number of likely N-dealkylation sites (N-methyl/N-ethyl adjacent to an activating group) is 1. The van der Waals surface area contributed by atoms with Gasteiger partial charge in [-0.25, -0.2) is 0 Å². The fraction of sp³-hybridized carbons (Fsp3) is 0.615. The molecule has 1 aromatic heterocycles. The predicted octanol–water partition coefficient (Wildman–Crippen LogP) is 1.08. The van der Waals surface area contributed by atoms with Crippen molar-refractivity contribution in [2.75, 3.05) is 33.2 Å². The molecule has 1 unspecified atom stereocenters. The minimum absolute atomic E-state index is 0.138. The topological polar surface area (TPSA) is 49.6 Å². The molecule has 1 atom stereocenters. The molecule has 0 aromatic carbocycles. The normalized spacial score (nSPS) is 21.3. The van der Waals surface area contributed by atoms with Gasteiger partial charge in [0, 0.05) is 31.1 Å². The van der Waals surface area contributed by atoms with E-state index in [-0.39, 0.29) is 11.9 Å². The van der Waals surface area contributed by atoms with Crippen molar-refractivity contribution < 1.29 is 4.79 Å². The third-order valence-electron chi connectivity index (χ3n) is 3.60. The third-order valence-corrected chi connectivity index (χ3v) is 4.74. The van der Waals surface area contributed by atoms with Crippen LogP contribution in [0.4, 0.5) is 0 Å². The van der Waals surface area contributed by atoms with E-state index >= 15 is 0 Å². The van der Waals surface area contributed by atoms with Gasteiger partial charge in [0.25, 0.3) is 5.91 Å². The average molecular weight is 267 g/mol. The van der Waals surface area contributed by atoms with E-state index in [1.165, 1.54) is 10.4 Å². The van der Waals surface area contributed by atoms with E-state index in [9.17, 15) is 4.79 Å². The Labute approximate surface area is 112 Å². The fourth-order valence-corrected chi connectivity index (χ4v) is 3.29. The van der Waals surface area contributed by atoms with Crippen LogP contribution in [-0.2, 0) is 0 Å². The molecule has 5 heteroatoms. The molecule has 1 aliphatic heterocycles. The molecule has 100 valence electrons. The number of amides is 1. The molecule has 1 aliphatic rings. The van der Waals surface area contributed by atoms with E-state index in [1.54, 1.807) is 11.3 Å². The van der Waals surface area contributed by atoms with Crippen molar-refractivity contribution in [1.82, 2.24) is 9.80 Å². The van der Waals surface area contributed by atoms with E-state index < -0.39 is 0 Å². The van der Waals surface area contributed by atoms with Crippen LogP contribution in [0.5, 0.6) is 0 Å². The SMILES string of the molecule is Cc1cc(C(=O)N2CCN(C)CC2CN)sc1C. The van der Waals surface area contributed by atoms with Gasteiger partial charge >= 0.3 is 0 Å². The zero-order valence-electron chi connectivity index (χ0n) is 11.3. The van der Waals surface area contributed by atoms with Crippen molar-refractivity contribution in [3.05, 3.63) is 21.4 Å². The lowest BCUT2D eigenvalue weighted by molar-refractivity contribution is 0.0520. The van der Waals surface area contributed by atoms with Gasteiger partial charge in [-0.05, 0) is 32.5 Å². The van der Waals surface area contributed by atoms with E-state index in [1.807, 2.05) is 17.9 Å². The summed E-state index contributed by atoms with van der Waals surface area (Å²) in [5, 5.41) is 0. The smallest absolute Gasteiger partial charge is 0.264 e. The first-order valence-corrected chi connectivity index (χ1v) is 7.11. The standard InChI is InChI=1S/C13H21N3OS/c1-9-6-12(18-10(9)2)13(17)16-5-4-15(3)8-11(16)7-14/h6,11H,4-5,7-8,14H2,1-3H3. The number of piperazine rings is 1. The van der Waals surface area contributed by atoms with E-state index in [0.29, 0.717) is 6.54 Å². The number of hydrogen-bond donors (Lipinski definition) is 1. The number of nitrogens with zero attached hydrogens (tertiary/aromatic N) is 2. The van der Waals surface area contributed by atoms with Crippen molar-refractivity contribution in [1.29, 1.82) is 0 Å². The van der Waals surface area contributed by atoms with Crippen LogP contribution >= 0.6 is 11.3 Å². The van der Waals surface area contributed by atoms with Gasteiger partial charge in [0.2, 0.25) is 0 Å². The Morgan fingerprint density at radius 1 is 1.50 bits per heavy atom. The molecular formula is C13H21N3OS. The number of hydrogen-bond acceptors (Lipinski definition) is 4. The highest BCUT2D eigenvalue weighted by atomic mass is 32.1. The largest absolute Gasteiger partial charge is 0.331 e. The molecule has 1 amide bonds. The second-order valence-corrected chi connectivity index (χ2v) is 6.26. The summed E-state index contributed by atoms with van der Waals surface area (Å²) in [7, 11) is 2.07. The van der Waals surface area contributed by atoms with Gasteiger partial charge in [-0.1, -0.05) is 0 Å². The Morgan fingerprint density at radius 3 is 2.78 bits per heavy atom. The quantitative estimate of drug-likeness (QED) is 0.872. The Balaban J connectivity index is 2.17. The number of rotatable bonds is 2. The van der Waals surface area contributed by atoms with Gasteiger partial charge in [0.15, 0.2) is 0 Å². The summed E-state index contributed by atoms with van der Waals surface area (Å²) in [6.45, 7) is 7.19. The molecule has 0 saturated carbocycles. The average Bonchev–Trinajstić information content (AvgIpc) is 2.68. The van der Waals surface area contributed by atoms with Crippen LogP contribution in [0.2, 0.25) is 0 Å². The van der Waals surface area contributed by atoms with Gasteiger partial charge in [0.1, 0.15) is 0 Å². The van der Waals surface area contributed by atoms with Crippen LogP contribution < -0.4 is 5.73 Å². The summed E-state index contributed by atoms with van der Waals surface area (Å²) >= 11 is 1.58. The van der Waals surface area contributed by atoms with Gasteiger partial charge in [-0.2, -0.15) is 0 Å². The maximum atomic E-state index is 12.5. The zero-order chi connectivity index (χ0) is 13.3. The lowest BCUT2D eigenvalue weighted by atomic mass is 10.1. The highest BCUT2D eigenvalue weighted by Crippen LogP contribution is 2.23. The summed E-state index contributed by atoms with van der Waals surface area (Å²) in [6.07, 6.45) is 0. The highest BCUT2D eigenvalue weighted by molar-refractivity contribution is 7.14. The van der Waals surface area contributed by atoms with Crippen LogP contribution in [0.1, 0.15) is 20.1 Å². The number of carbonyl (C=O) groups excluding carboxylic acids is 1. The van der Waals surface area contributed by atoms with Crippen molar-refractivity contribution in [2.45, 2.75) is 19.9 Å². The maximum Gasteiger partial charge on any atom is 0.264 e. The summed E-state index contributed by atoms with van der Waals surface area (Å²) < 4.78 is 0. The first-order valence-electron chi connectivity index (χ1n) is 6.29. The van der Waals surface area contributed by atoms with Crippen molar-refractivity contribution >= 4 is 17.2 Å². The molecule has 0 bridgehead atoms. The first-order chi connectivity index (χ1) is 8.52. The van der Waals surface area contributed by atoms with Gasteiger partial charge in [0.05, 0.1) is 10.9 Å². The molecule has 2 N–H and O–H groups in total. The van der Waals surface area contributed by atoms with Crippen LogP contribution in [0.15, 0.2) is 6.07 Å². The number of carbonyl (C=O) groups is 1. The van der Waals surface area contributed by atoms with E-state index in [0.717, 1.165) is 24.5 Å². The Kier molecular flexibility index (Phi) is 4.04. The molecule has 2 rings (SSSR count). The number of aryl methyl sites for hydroxylation is 2. The molecule has 1 saturated heterocycles. The lowest BCUT2D eigenvalue weighted by Gasteiger charge is -2.39. The Bertz CT molecular complexity index is 424. The Hall–Kier alpha value is -0.910. The molecule has 0 radical (unpaired) electrons. The minimum Gasteiger partial charge on any atom is -0.331 e. The molecule has 0 spiro atoms. The van der Waals surface area contributed by atoms with Crippen molar-refractivity contribution in [3.63, 3.8) is 0 Å². The molecule has 1 aromatic rings. The second kappa shape index (κ2) is 5.38. The maximum absolute atomic E-state index is 12.5. The molecule has 4 nitrogen and oxygen atoms in total. The zero-order valence-corrected chi connectivity index (χ0v) is 12.1. The van der Waals surface area contributed by atoms with E-state index in [4.69, 9.17) is 5.73 Å². The first kappa shape index (κ1) is 13.5. The van der Waals surface area contributed by atoms with Crippen LogP contribution in [0.3, 0.4) is 0 Å². The van der Waals surface area contributed by atoms with Gasteiger partial charge in [-0.3, -0.25) is 4.79 Å². The number of thiophene rings is 1. The van der Waals surface area contributed by atoms with Gasteiger partial charge < -0.3 is 15.5 Å². The highest BCUT2D eigenvalue weighted by Gasteiger charge is 2.29. The molecular weight excluding hydrogens is 246 g/mol. The number of nitrogens with two attached hydrogens (primary N) is 1. The van der Waals surface area contributed by atoms with Crippen LogP contribution in [0, 0.1) is 13.8 Å². The second-order valence-electron chi connectivity index (χ2n) is 5.00. The van der Waals surface area contributed by atoms with Gasteiger partial charge in [-0.15, -0.1) is 11.3 Å². The Morgan fingerprint density at radius 2 is 2.22 bits per heavy atom. The monoisotopic (exact) mass is 267 g/mol. The van der Waals surface area contributed by atoms with Crippen molar-refractivity contribution in [2.24, 2.45) is 5.73 Å². The predicted molar refractivity (Wildman–Crippen MR) is 75.2 cm³/mol. The van der Waals surface area contributed by atoms with Crippen LogP contribution in [-0.4, -0.2) is 55.0 Å². The third kappa shape index (κ3) is 2.58. The molecule has 18 heavy (non-hydrogen) atoms. The summed E-state index contributed by atoms with van der Waals surface area (Å²) in [6, 6.07) is 2.13. The van der Waals surface area contributed by atoms with Crippen LogP contribution in [0.25, 0.3) is 0 Å². The minimum atomic E-state index is 0.138. The summed E-state index contributed by atoms with van der Waals surface area (Å²) in [4.78, 5) is 18.7. The fourth-order valence-electron chi connectivity index (χ4n) is 2.30. The molecule has 1 fully saturated rings. The summed E-state index contributed by atoms with van der Waals surface area (Å²) in [5.74, 6) is 0.139. The van der Waals surface area contributed by atoms with E-state index in [2.05, 4.69) is 18.9 Å².